The summed E-state index contributed by atoms with van der Waals surface area (Å²) in [7, 11) is 0. The standard InChI is InChI=1S/C21H18N6O2/c22-10-15-6-8-17(9-7-15)21(29)26-12-18(13-26)27-14-19(24-25-27)20(28)23-11-16-4-2-1-3-5-16/h1-9,14,18H,11-13H2,(H,23,28). The first-order chi connectivity index (χ1) is 14.1. The van der Waals surface area contributed by atoms with Gasteiger partial charge in [-0.15, -0.1) is 5.10 Å². The van der Waals surface area contributed by atoms with Gasteiger partial charge in [0.15, 0.2) is 5.69 Å². The molecule has 8 heteroatoms. The van der Waals surface area contributed by atoms with E-state index in [4.69, 9.17) is 5.26 Å². The highest BCUT2D eigenvalue weighted by atomic mass is 16.2. The van der Waals surface area contributed by atoms with Crippen molar-refractivity contribution in [1.29, 1.82) is 5.26 Å². The normalized spacial score (nSPS) is 13.4. The minimum absolute atomic E-state index is 0.0134. The first kappa shape index (κ1) is 18.4. The van der Waals surface area contributed by atoms with Gasteiger partial charge in [0.2, 0.25) is 0 Å². The highest BCUT2D eigenvalue weighted by molar-refractivity contribution is 5.95. The molecule has 1 aliphatic rings. The summed E-state index contributed by atoms with van der Waals surface area (Å²) in [6.45, 7) is 1.41. The molecule has 0 bridgehead atoms. The van der Waals surface area contributed by atoms with Crippen LogP contribution in [0.3, 0.4) is 0 Å². The molecule has 4 rings (SSSR count). The minimum Gasteiger partial charge on any atom is -0.347 e. The molecule has 8 nitrogen and oxygen atoms in total. The summed E-state index contributed by atoms with van der Waals surface area (Å²) in [6.07, 6.45) is 1.61. The molecule has 2 heterocycles. The van der Waals surface area contributed by atoms with E-state index in [2.05, 4.69) is 15.6 Å². The second-order valence-corrected chi connectivity index (χ2v) is 6.81. The molecule has 0 aliphatic carbocycles. The summed E-state index contributed by atoms with van der Waals surface area (Å²) in [6, 6.07) is 18.2. The number of nitrogens with one attached hydrogen (secondary N) is 1. The van der Waals surface area contributed by atoms with Crippen molar-refractivity contribution in [3.63, 3.8) is 0 Å². The second kappa shape index (κ2) is 7.94. The summed E-state index contributed by atoms with van der Waals surface area (Å²) in [4.78, 5) is 26.4. The van der Waals surface area contributed by atoms with Crippen molar-refractivity contribution in [2.24, 2.45) is 0 Å². The van der Waals surface area contributed by atoms with Gasteiger partial charge in [0.25, 0.3) is 11.8 Å². The van der Waals surface area contributed by atoms with E-state index in [9.17, 15) is 9.59 Å². The predicted molar refractivity (Wildman–Crippen MR) is 104 cm³/mol. The summed E-state index contributed by atoms with van der Waals surface area (Å²) >= 11 is 0. The number of benzene rings is 2. The number of carbonyl (C=O) groups is 2. The number of aromatic nitrogens is 3. The maximum atomic E-state index is 12.5. The van der Waals surface area contributed by atoms with Gasteiger partial charge in [-0.1, -0.05) is 35.5 Å². The topological polar surface area (TPSA) is 104 Å². The molecule has 2 amide bonds. The number of likely N-dealkylation sites (tertiary alicyclic amines) is 1. The Balaban J connectivity index is 1.31. The number of nitriles is 1. The zero-order chi connectivity index (χ0) is 20.2. The molecule has 1 aromatic heterocycles. The van der Waals surface area contributed by atoms with Crippen LogP contribution in [-0.4, -0.2) is 44.8 Å². The van der Waals surface area contributed by atoms with Gasteiger partial charge in [-0.2, -0.15) is 5.26 Å². The fourth-order valence-corrected chi connectivity index (χ4v) is 3.09. The Morgan fingerprint density at radius 2 is 1.83 bits per heavy atom. The molecule has 3 aromatic rings. The van der Waals surface area contributed by atoms with E-state index < -0.39 is 0 Å². The van der Waals surface area contributed by atoms with Crippen LogP contribution in [0, 0.1) is 11.3 Å². The fraction of sp³-hybridized carbons (Fsp3) is 0.190. The van der Waals surface area contributed by atoms with Gasteiger partial charge in [0.05, 0.1) is 23.9 Å². The van der Waals surface area contributed by atoms with E-state index in [1.165, 1.54) is 0 Å². The van der Waals surface area contributed by atoms with E-state index in [0.717, 1.165) is 5.56 Å². The number of hydrogen-bond acceptors (Lipinski definition) is 5. The van der Waals surface area contributed by atoms with Crippen LogP contribution in [0.25, 0.3) is 0 Å². The van der Waals surface area contributed by atoms with Crippen LogP contribution in [0.4, 0.5) is 0 Å². The number of amides is 2. The van der Waals surface area contributed by atoms with E-state index in [0.29, 0.717) is 30.8 Å². The lowest BCUT2D eigenvalue weighted by Gasteiger charge is -2.38. The molecule has 0 radical (unpaired) electrons. The SMILES string of the molecule is N#Cc1ccc(C(=O)N2CC(n3cc(C(=O)NCc4ccccc4)nn3)C2)cc1. The number of nitrogens with zero attached hydrogens (tertiary/aromatic N) is 5. The third kappa shape index (κ3) is 3.99. The van der Waals surface area contributed by atoms with Crippen LogP contribution in [0.15, 0.2) is 60.8 Å². The van der Waals surface area contributed by atoms with Crippen molar-refractivity contribution in [3.05, 3.63) is 83.2 Å². The zero-order valence-electron chi connectivity index (χ0n) is 15.5. The first-order valence-corrected chi connectivity index (χ1v) is 9.17. The van der Waals surface area contributed by atoms with E-state index in [1.807, 2.05) is 36.4 Å². The Morgan fingerprint density at radius 3 is 2.52 bits per heavy atom. The lowest BCUT2D eigenvalue weighted by molar-refractivity contribution is 0.0498. The molecule has 0 spiro atoms. The van der Waals surface area contributed by atoms with Crippen molar-refractivity contribution in [2.75, 3.05) is 13.1 Å². The van der Waals surface area contributed by atoms with Crippen LogP contribution >= 0.6 is 0 Å². The molecular formula is C21H18N6O2. The third-order valence-electron chi connectivity index (χ3n) is 4.82. The highest BCUT2D eigenvalue weighted by Crippen LogP contribution is 2.22. The van der Waals surface area contributed by atoms with Gasteiger partial charge < -0.3 is 10.2 Å². The molecular weight excluding hydrogens is 368 g/mol. The Hall–Kier alpha value is -3.99. The Bertz CT molecular complexity index is 1060. The van der Waals surface area contributed by atoms with Crippen molar-refractivity contribution < 1.29 is 9.59 Å². The quantitative estimate of drug-likeness (QED) is 0.720. The smallest absolute Gasteiger partial charge is 0.273 e. The lowest BCUT2D eigenvalue weighted by Crippen LogP contribution is -2.50. The Morgan fingerprint density at radius 1 is 1.10 bits per heavy atom. The molecule has 0 unspecified atom stereocenters. The van der Waals surface area contributed by atoms with Crippen LogP contribution in [0.2, 0.25) is 0 Å². The summed E-state index contributed by atoms with van der Waals surface area (Å²) in [5.74, 6) is -0.378. The molecule has 29 heavy (non-hydrogen) atoms. The third-order valence-corrected chi connectivity index (χ3v) is 4.82. The molecule has 1 aliphatic heterocycles. The Labute approximate surface area is 167 Å². The molecule has 0 atom stereocenters. The number of rotatable bonds is 5. The van der Waals surface area contributed by atoms with Gasteiger partial charge in [0.1, 0.15) is 0 Å². The maximum Gasteiger partial charge on any atom is 0.273 e. The van der Waals surface area contributed by atoms with Gasteiger partial charge in [-0.3, -0.25) is 9.59 Å². The average molecular weight is 386 g/mol. The molecule has 1 fully saturated rings. The van der Waals surface area contributed by atoms with Gasteiger partial charge in [-0.25, -0.2) is 4.68 Å². The average Bonchev–Trinajstić information content (AvgIpc) is 3.21. The molecule has 144 valence electrons. The van der Waals surface area contributed by atoms with E-state index in [1.54, 1.807) is 40.0 Å². The Kier molecular flexibility index (Phi) is 5.03. The van der Waals surface area contributed by atoms with E-state index in [-0.39, 0.29) is 23.6 Å². The summed E-state index contributed by atoms with van der Waals surface area (Å²) < 4.78 is 1.62. The molecule has 1 saturated heterocycles. The maximum absolute atomic E-state index is 12.5. The van der Waals surface area contributed by atoms with Crippen LogP contribution < -0.4 is 5.32 Å². The first-order valence-electron chi connectivity index (χ1n) is 9.17. The predicted octanol–water partition coefficient (Wildman–Crippen LogP) is 1.78. The monoisotopic (exact) mass is 386 g/mol. The van der Waals surface area contributed by atoms with Gasteiger partial charge >= 0.3 is 0 Å². The van der Waals surface area contributed by atoms with Crippen molar-refractivity contribution in [2.45, 2.75) is 12.6 Å². The van der Waals surface area contributed by atoms with E-state index >= 15 is 0 Å². The molecule has 1 N–H and O–H groups in total. The molecule has 2 aromatic carbocycles. The van der Waals surface area contributed by atoms with Gasteiger partial charge in [-0.05, 0) is 29.8 Å². The van der Waals surface area contributed by atoms with Crippen LogP contribution in [0.1, 0.15) is 38.0 Å². The van der Waals surface area contributed by atoms with Crippen LogP contribution in [0.5, 0.6) is 0 Å². The van der Waals surface area contributed by atoms with Crippen molar-refractivity contribution in [3.8, 4) is 6.07 Å². The number of hydrogen-bond donors (Lipinski definition) is 1. The highest BCUT2D eigenvalue weighted by Gasteiger charge is 2.33. The van der Waals surface area contributed by atoms with Crippen molar-refractivity contribution >= 4 is 11.8 Å². The molecule has 0 saturated carbocycles. The minimum atomic E-state index is -0.287. The van der Waals surface area contributed by atoms with Gasteiger partial charge in [0, 0.05) is 25.2 Å². The number of carbonyl (C=O) groups excluding carboxylic acids is 2. The lowest BCUT2D eigenvalue weighted by atomic mass is 10.1. The van der Waals surface area contributed by atoms with Crippen LogP contribution in [-0.2, 0) is 6.54 Å². The second-order valence-electron chi connectivity index (χ2n) is 6.81. The largest absolute Gasteiger partial charge is 0.347 e. The summed E-state index contributed by atoms with van der Waals surface area (Å²) in [5, 5.41) is 19.6. The van der Waals surface area contributed by atoms with Crippen molar-refractivity contribution in [1.82, 2.24) is 25.2 Å². The zero-order valence-corrected chi connectivity index (χ0v) is 15.5. The summed E-state index contributed by atoms with van der Waals surface area (Å²) in [5.41, 5.74) is 2.31. The fourth-order valence-electron chi connectivity index (χ4n) is 3.09.